The highest BCUT2D eigenvalue weighted by Gasteiger charge is 2.41. The Morgan fingerprint density at radius 2 is 1.59 bits per heavy atom. The first kappa shape index (κ1) is 49.3. The Labute approximate surface area is 412 Å². The molecular formula is C53H64ClF3N8O5. The average Bonchev–Trinajstić information content (AvgIpc) is 3.34. The number of aromatic nitrogens is 2. The third-order valence-corrected chi connectivity index (χ3v) is 16.6. The number of nitrogens with zero attached hydrogens (tertiary/aromatic N) is 5. The molecule has 9 rings (SSSR count). The van der Waals surface area contributed by atoms with Crippen molar-refractivity contribution >= 4 is 63.4 Å². The fraction of sp³-hybridized carbons (Fsp3) is 0.547. The summed E-state index contributed by atoms with van der Waals surface area (Å²) in [5.41, 5.74) is 8.38. The number of amides is 5. The highest BCUT2D eigenvalue weighted by molar-refractivity contribution is 6.34. The lowest BCUT2D eigenvalue weighted by atomic mass is 9.64. The molecule has 17 heteroatoms. The van der Waals surface area contributed by atoms with Crippen LogP contribution >= 0.6 is 11.6 Å². The van der Waals surface area contributed by atoms with Crippen LogP contribution in [0.3, 0.4) is 0 Å². The number of benzene rings is 3. The molecule has 1 spiro atoms. The second-order valence-electron chi connectivity index (χ2n) is 20.7. The number of alkyl halides is 3. The van der Waals surface area contributed by atoms with E-state index in [2.05, 4.69) is 25.5 Å². The lowest BCUT2D eigenvalue weighted by Crippen LogP contribution is -2.49. The first-order valence-electron chi connectivity index (χ1n) is 25.1. The molecule has 3 saturated heterocycles. The standard InChI is InChI=1S/C53H64ClF3N8O5/c1-31(38-25-39(53(55,56)57)28-40(58)26-38)59-48-42-29-41(46(70-3)30-44(42)60-32(2)61-48)35-4-6-36(7-5-35)49(67)63-19-12-34(13-20-63)24-33-10-15-52(16-11-33)17-22-64(23-18-52)50(68)37-8-9-43(54)45(27-37)65-21-14-47(66)62-51(65)69/h8-9,25-31,33-36H,4-7,10-24,58H2,1-3H3,(H,59,60,61)(H,62,66,69)/t31-,35?,36?/m1/s1. The van der Waals surface area contributed by atoms with Crippen LogP contribution in [0, 0.1) is 30.1 Å². The summed E-state index contributed by atoms with van der Waals surface area (Å²) in [6.07, 6.45) is 8.92. The van der Waals surface area contributed by atoms with Gasteiger partial charge in [0.15, 0.2) is 0 Å². The number of nitrogens with one attached hydrogen (secondary N) is 2. The number of hydrogen-bond donors (Lipinski definition) is 3. The lowest BCUT2D eigenvalue weighted by Gasteiger charge is -2.46. The molecule has 1 atom stereocenters. The maximum Gasteiger partial charge on any atom is 0.416 e. The topological polar surface area (TPSA) is 163 Å². The second kappa shape index (κ2) is 20.2. The lowest BCUT2D eigenvalue weighted by molar-refractivity contribution is -0.138. The quantitative estimate of drug-likeness (QED) is 0.131. The largest absolute Gasteiger partial charge is 0.496 e. The van der Waals surface area contributed by atoms with Crippen LogP contribution in [-0.2, 0) is 15.8 Å². The number of rotatable bonds is 10. The van der Waals surface area contributed by atoms with Crippen molar-refractivity contribution in [3.8, 4) is 5.75 Å². The van der Waals surface area contributed by atoms with Crippen LogP contribution in [0.5, 0.6) is 5.75 Å². The van der Waals surface area contributed by atoms with E-state index in [9.17, 15) is 32.3 Å². The van der Waals surface area contributed by atoms with Crippen LogP contribution < -0.4 is 26.0 Å². The zero-order valence-corrected chi connectivity index (χ0v) is 41.1. The van der Waals surface area contributed by atoms with Crippen molar-refractivity contribution in [3.05, 3.63) is 81.6 Å². The van der Waals surface area contributed by atoms with Gasteiger partial charge in [0, 0.05) is 67.8 Å². The predicted molar refractivity (Wildman–Crippen MR) is 264 cm³/mol. The number of likely N-dealkylation sites (tertiary alicyclic amines) is 2. The number of halogens is 4. The summed E-state index contributed by atoms with van der Waals surface area (Å²) in [5.74, 6) is 3.08. The van der Waals surface area contributed by atoms with E-state index in [1.165, 1.54) is 37.0 Å². The molecule has 5 amide bonds. The smallest absolute Gasteiger partial charge is 0.416 e. The van der Waals surface area contributed by atoms with Gasteiger partial charge in [-0.05, 0) is 174 Å². The van der Waals surface area contributed by atoms with Gasteiger partial charge in [0.1, 0.15) is 17.4 Å². The van der Waals surface area contributed by atoms with Crippen LogP contribution in [0.1, 0.15) is 142 Å². The normalized spacial score (nSPS) is 22.0. The Kier molecular flexibility index (Phi) is 14.3. The summed E-state index contributed by atoms with van der Waals surface area (Å²) >= 11 is 6.44. The van der Waals surface area contributed by atoms with Crippen LogP contribution in [0.25, 0.3) is 10.9 Å². The van der Waals surface area contributed by atoms with E-state index in [1.807, 2.05) is 17.0 Å². The molecule has 4 heterocycles. The van der Waals surface area contributed by atoms with Crippen molar-refractivity contribution in [2.24, 2.45) is 23.2 Å². The van der Waals surface area contributed by atoms with Gasteiger partial charge in [-0.3, -0.25) is 24.6 Å². The minimum absolute atomic E-state index is 0.0149. The number of imide groups is 1. The Bertz CT molecular complexity index is 2630. The number of anilines is 3. The summed E-state index contributed by atoms with van der Waals surface area (Å²) in [7, 11) is 1.64. The summed E-state index contributed by atoms with van der Waals surface area (Å²) in [6.45, 7) is 6.79. The van der Waals surface area contributed by atoms with Crippen LogP contribution in [0.15, 0.2) is 48.5 Å². The molecule has 4 aromatic rings. The minimum Gasteiger partial charge on any atom is -0.496 e. The van der Waals surface area contributed by atoms with Gasteiger partial charge in [0.05, 0.1) is 34.9 Å². The molecule has 0 bridgehead atoms. The number of piperidine rings is 2. The van der Waals surface area contributed by atoms with Crippen molar-refractivity contribution in [2.75, 3.05) is 55.8 Å². The Hall–Kier alpha value is -5.64. The number of methoxy groups -OCH3 is 1. The van der Waals surface area contributed by atoms with Crippen molar-refractivity contribution in [2.45, 2.75) is 122 Å². The van der Waals surface area contributed by atoms with Crippen molar-refractivity contribution in [1.82, 2.24) is 25.1 Å². The molecule has 1 aromatic heterocycles. The SMILES string of the molecule is COc1cc2nc(C)nc(N[C@H](C)c3cc(N)cc(C(F)(F)F)c3)c2cc1C1CCC(C(=O)N2CCC(CC3CCC4(CC3)CCN(C(=O)c3ccc(Cl)c(N5CCC(=O)NC5=O)c3)CC4)CC2)CC1. The van der Waals surface area contributed by atoms with E-state index in [1.54, 1.807) is 45.2 Å². The molecule has 70 heavy (non-hydrogen) atoms. The highest BCUT2D eigenvalue weighted by atomic mass is 35.5. The number of carbonyl (C=O) groups is 4. The molecule has 0 radical (unpaired) electrons. The summed E-state index contributed by atoms with van der Waals surface area (Å²) < 4.78 is 46.8. The maximum atomic E-state index is 14.0. The molecule has 3 aliphatic heterocycles. The first-order valence-corrected chi connectivity index (χ1v) is 25.4. The average molecular weight is 986 g/mol. The second-order valence-corrected chi connectivity index (χ2v) is 21.1. The zero-order chi connectivity index (χ0) is 49.5. The number of hydrogen-bond acceptors (Lipinski definition) is 9. The number of carbonyl (C=O) groups excluding carboxylic acids is 4. The van der Waals surface area contributed by atoms with Gasteiger partial charge in [0.25, 0.3) is 5.91 Å². The third kappa shape index (κ3) is 10.7. The van der Waals surface area contributed by atoms with Crippen LogP contribution in [0.4, 0.5) is 35.2 Å². The van der Waals surface area contributed by atoms with E-state index >= 15 is 0 Å². The molecule has 0 unspecified atom stereocenters. The summed E-state index contributed by atoms with van der Waals surface area (Å²) in [5, 5.41) is 6.76. The Morgan fingerprint density at radius 1 is 0.886 bits per heavy atom. The van der Waals surface area contributed by atoms with E-state index < -0.39 is 23.8 Å². The molecule has 5 fully saturated rings. The molecule has 374 valence electrons. The fourth-order valence-corrected chi connectivity index (χ4v) is 12.3. The number of fused-ring (bicyclic) bond motifs is 1. The molecule has 5 aliphatic rings. The Morgan fingerprint density at radius 3 is 2.26 bits per heavy atom. The number of nitrogens with two attached hydrogens (primary N) is 1. The van der Waals surface area contributed by atoms with Gasteiger partial charge in [0.2, 0.25) is 11.8 Å². The van der Waals surface area contributed by atoms with Crippen molar-refractivity contribution in [1.29, 1.82) is 0 Å². The van der Waals surface area contributed by atoms with Gasteiger partial charge < -0.3 is 25.6 Å². The van der Waals surface area contributed by atoms with Crippen molar-refractivity contribution < 1.29 is 37.1 Å². The monoisotopic (exact) mass is 984 g/mol. The summed E-state index contributed by atoms with van der Waals surface area (Å²) in [6, 6.07) is 11.5. The molecule has 4 N–H and O–H groups in total. The first-order chi connectivity index (χ1) is 33.5. The summed E-state index contributed by atoms with van der Waals surface area (Å²) in [4.78, 5) is 66.6. The molecule has 2 saturated carbocycles. The van der Waals surface area contributed by atoms with E-state index in [0.29, 0.717) is 63.9 Å². The Balaban J connectivity index is 0.735. The van der Waals surface area contributed by atoms with E-state index in [4.69, 9.17) is 22.1 Å². The number of ether oxygens (including phenoxy) is 1. The minimum atomic E-state index is -4.53. The van der Waals surface area contributed by atoms with Crippen LogP contribution in [0.2, 0.25) is 5.02 Å². The van der Waals surface area contributed by atoms with E-state index in [-0.39, 0.29) is 53.6 Å². The third-order valence-electron chi connectivity index (χ3n) is 16.2. The van der Waals surface area contributed by atoms with E-state index in [0.717, 1.165) is 93.3 Å². The van der Waals surface area contributed by atoms with Gasteiger partial charge >= 0.3 is 12.2 Å². The molecule has 13 nitrogen and oxygen atoms in total. The van der Waals surface area contributed by atoms with Gasteiger partial charge in [-0.1, -0.05) is 11.6 Å². The predicted octanol–water partition coefficient (Wildman–Crippen LogP) is 10.8. The van der Waals surface area contributed by atoms with Gasteiger partial charge in [-0.25, -0.2) is 14.8 Å². The molecule has 3 aromatic carbocycles. The van der Waals surface area contributed by atoms with Crippen LogP contribution in [-0.4, -0.2) is 83.4 Å². The number of urea groups is 1. The number of nitrogen functional groups attached to an aromatic ring is 1. The van der Waals surface area contributed by atoms with Gasteiger partial charge in [-0.15, -0.1) is 0 Å². The number of aryl methyl sites for hydroxylation is 1. The molecular weight excluding hydrogens is 921 g/mol. The van der Waals surface area contributed by atoms with Crippen molar-refractivity contribution in [3.63, 3.8) is 0 Å². The molecule has 2 aliphatic carbocycles. The highest BCUT2D eigenvalue weighted by Crippen LogP contribution is 2.49. The fourth-order valence-electron chi connectivity index (χ4n) is 12.1. The zero-order valence-electron chi connectivity index (χ0n) is 40.3. The maximum absolute atomic E-state index is 14.0. The van der Waals surface area contributed by atoms with Gasteiger partial charge in [-0.2, -0.15) is 13.2 Å².